The Hall–Kier alpha value is -1.57. The monoisotopic (exact) mass is 319 g/mol. The zero-order valence-corrected chi connectivity index (χ0v) is 13.9. The van der Waals surface area contributed by atoms with Gasteiger partial charge in [-0.15, -0.1) is 0 Å². The molecule has 1 aliphatic rings. The molecule has 1 unspecified atom stereocenters. The summed E-state index contributed by atoms with van der Waals surface area (Å²) in [4.78, 5) is 16.1. The summed E-state index contributed by atoms with van der Waals surface area (Å²) >= 11 is 5.90. The molecule has 0 spiro atoms. The van der Waals surface area contributed by atoms with Crippen LogP contribution < -0.4 is 0 Å². The van der Waals surface area contributed by atoms with Crippen molar-refractivity contribution in [2.24, 2.45) is 5.92 Å². The number of nitrogens with zero attached hydrogens (tertiary/aromatic N) is 3. The molecule has 1 amide bonds. The number of carbonyl (C=O) groups is 1. The van der Waals surface area contributed by atoms with Crippen molar-refractivity contribution in [3.63, 3.8) is 0 Å². The van der Waals surface area contributed by atoms with Crippen LogP contribution in [0.15, 0.2) is 24.3 Å². The molecule has 5 heteroatoms. The summed E-state index contributed by atoms with van der Waals surface area (Å²) in [5.41, 5.74) is 0.953. The van der Waals surface area contributed by atoms with E-state index in [9.17, 15) is 10.1 Å². The molecule has 0 N–H and O–H groups in total. The van der Waals surface area contributed by atoms with Crippen molar-refractivity contribution in [3.05, 3.63) is 34.9 Å². The first kappa shape index (κ1) is 16.8. The third kappa shape index (κ3) is 4.22. The van der Waals surface area contributed by atoms with E-state index in [0.29, 0.717) is 30.5 Å². The first-order valence-electron chi connectivity index (χ1n) is 7.68. The predicted octanol–water partition coefficient (Wildman–Crippen LogP) is 3.09. The van der Waals surface area contributed by atoms with Crippen molar-refractivity contribution in [3.8, 4) is 6.07 Å². The van der Waals surface area contributed by atoms with Crippen LogP contribution in [0.1, 0.15) is 31.9 Å². The van der Waals surface area contributed by atoms with Gasteiger partial charge in [0.15, 0.2) is 0 Å². The molecule has 118 valence electrons. The zero-order chi connectivity index (χ0) is 16.1. The number of amides is 1. The largest absolute Gasteiger partial charge is 0.340 e. The molecule has 0 aromatic heterocycles. The lowest BCUT2D eigenvalue weighted by Gasteiger charge is -2.37. The molecule has 22 heavy (non-hydrogen) atoms. The number of hydrogen-bond donors (Lipinski definition) is 0. The van der Waals surface area contributed by atoms with Crippen molar-refractivity contribution < 1.29 is 4.79 Å². The second kappa shape index (κ2) is 7.62. The van der Waals surface area contributed by atoms with Crippen LogP contribution in [0.3, 0.4) is 0 Å². The van der Waals surface area contributed by atoms with Gasteiger partial charge in [-0.05, 0) is 23.6 Å². The minimum absolute atomic E-state index is 0.217. The van der Waals surface area contributed by atoms with Crippen molar-refractivity contribution in [2.45, 2.75) is 26.3 Å². The quantitative estimate of drug-likeness (QED) is 0.856. The summed E-state index contributed by atoms with van der Waals surface area (Å²) in [6.07, 6.45) is 0.596. The van der Waals surface area contributed by atoms with Gasteiger partial charge in [-0.25, -0.2) is 0 Å². The smallest absolute Gasteiger partial charge is 0.222 e. The Labute approximate surface area is 137 Å². The summed E-state index contributed by atoms with van der Waals surface area (Å²) in [5, 5.41) is 10.2. The summed E-state index contributed by atoms with van der Waals surface area (Å²) in [6.45, 7) is 6.95. The molecule has 1 aliphatic heterocycles. The van der Waals surface area contributed by atoms with Crippen LogP contribution >= 0.6 is 11.6 Å². The van der Waals surface area contributed by atoms with Crippen LogP contribution in [0.5, 0.6) is 0 Å². The van der Waals surface area contributed by atoms with E-state index in [1.54, 1.807) is 0 Å². The summed E-state index contributed by atoms with van der Waals surface area (Å²) in [5.74, 6) is 0.598. The standard InChI is InChI=1S/C17H22ClN3O/c1-13(2)11-17(22)21-9-7-20(8-10-21)16(12-19)14-3-5-15(18)6-4-14/h3-6,13,16H,7-11H2,1-2H3. The normalized spacial score (nSPS) is 17.3. The first-order valence-corrected chi connectivity index (χ1v) is 8.06. The minimum atomic E-state index is -0.278. The maximum atomic E-state index is 12.1. The maximum Gasteiger partial charge on any atom is 0.222 e. The van der Waals surface area contributed by atoms with Crippen LogP contribution in [0.4, 0.5) is 0 Å². The van der Waals surface area contributed by atoms with E-state index in [2.05, 4.69) is 24.8 Å². The summed E-state index contributed by atoms with van der Waals surface area (Å²) in [6, 6.07) is 9.49. The van der Waals surface area contributed by atoms with Gasteiger partial charge in [0.1, 0.15) is 6.04 Å². The molecule has 1 atom stereocenters. The highest BCUT2D eigenvalue weighted by atomic mass is 35.5. The zero-order valence-electron chi connectivity index (χ0n) is 13.1. The Kier molecular flexibility index (Phi) is 5.82. The van der Waals surface area contributed by atoms with E-state index < -0.39 is 0 Å². The van der Waals surface area contributed by atoms with Gasteiger partial charge in [0.05, 0.1) is 6.07 Å². The van der Waals surface area contributed by atoms with Crippen LogP contribution in [0.2, 0.25) is 5.02 Å². The lowest BCUT2D eigenvalue weighted by molar-refractivity contribution is -0.133. The maximum absolute atomic E-state index is 12.1. The van der Waals surface area contributed by atoms with E-state index >= 15 is 0 Å². The molecule has 4 nitrogen and oxygen atoms in total. The Morgan fingerprint density at radius 2 is 1.82 bits per heavy atom. The molecule has 1 aromatic carbocycles. The van der Waals surface area contributed by atoms with Crippen LogP contribution in [0, 0.1) is 17.2 Å². The van der Waals surface area contributed by atoms with Crippen molar-refractivity contribution in [1.82, 2.24) is 9.80 Å². The molecule has 1 fully saturated rings. The number of carbonyl (C=O) groups excluding carboxylic acids is 1. The number of rotatable bonds is 4. The van der Waals surface area contributed by atoms with E-state index in [-0.39, 0.29) is 11.9 Å². The Bertz CT molecular complexity index is 542. The number of hydrogen-bond acceptors (Lipinski definition) is 3. The molecule has 1 aromatic rings. The fourth-order valence-electron chi connectivity index (χ4n) is 2.72. The SMILES string of the molecule is CC(C)CC(=O)N1CCN(C(C#N)c2ccc(Cl)cc2)CC1. The Morgan fingerprint density at radius 3 is 2.32 bits per heavy atom. The molecule has 1 saturated heterocycles. The second-order valence-corrected chi connectivity index (χ2v) is 6.53. The minimum Gasteiger partial charge on any atom is -0.340 e. The van der Waals surface area contributed by atoms with Gasteiger partial charge < -0.3 is 4.90 Å². The van der Waals surface area contributed by atoms with E-state index in [1.807, 2.05) is 29.2 Å². The van der Waals surface area contributed by atoms with Gasteiger partial charge in [-0.3, -0.25) is 9.69 Å². The Balaban J connectivity index is 1.96. The van der Waals surface area contributed by atoms with Gasteiger partial charge in [0.25, 0.3) is 0 Å². The third-order valence-corrected chi connectivity index (χ3v) is 4.17. The molecule has 0 aliphatic carbocycles. The van der Waals surface area contributed by atoms with Crippen molar-refractivity contribution >= 4 is 17.5 Å². The number of benzene rings is 1. The Morgan fingerprint density at radius 1 is 1.23 bits per heavy atom. The number of halogens is 1. The van der Waals surface area contributed by atoms with Gasteiger partial charge in [0, 0.05) is 37.6 Å². The third-order valence-electron chi connectivity index (χ3n) is 3.92. The predicted molar refractivity (Wildman–Crippen MR) is 87.4 cm³/mol. The lowest BCUT2D eigenvalue weighted by Crippen LogP contribution is -2.49. The molecule has 2 rings (SSSR count). The average Bonchev–Trinajstić information content (AvgIpc) is 2.50. The first-order chi connectivity index (χ1) is 10.5. The number of nitriles is 1. The molecule has 0 radical (unpaired) electrons. The topological polar surface area (TPSA) is 47.3 Å². The van der Waals surface area contributed by atoms with Crippen LogP contribution in [0.25, 0.3) is 0 Å². The van der Waals surface area contributed by atoms with Crippen molar-refractivity contribution in [2.75, 3.05) is 26.2 Å². The summed E-state index contributed by atoms with van der Waals surface area (Å²) in [7, 11) is 0. The molecule has 1 heterocycles. The van der Waals surface area contributed by atoms with Gasteiger partial charge in [0.2, 0.25) is 5.91 Å². The lowest BCUT2D eigenvalue weighted by atomic mass is 10.1. The highest BCUT2D eigenvalue weighted by Gasteiger charge is 2.27. The molecule has 0 saturated carbocycles. The van der Waals surface area contributed by atoms with Crippen molar-refractivity contribution in [1.29, 1.82) is 5.26 Å². The summed E-state index contributed by atoms with van der Waals surface area (Å²) < 4.78 is 0. The van der Waals surface area contributed by atoms with E-state index in [4.69, 9.17) is 11.6 Å². The number of piperazine rings is 1. The molecular formula is C17H22ClN3O. The van der Waals surface area contributed by atoms with Gasteiger partial charge >= 0.3 is 0 Å². The fourth-order valence-corrected chi connectivity index (χ4v) is 2.85. The second-order valence-electron chi connectivity index (χ2n) is 6.10. The van der Waals surface area contributed by atoms with E-state index in [0.717, 1.165) is 18.7 Å². The van der Waals surface area contributed by atoms with Gasteiger partial charge in [-0.1, -0.05) is 37.6 Å². The highest BCUT2D eigenvalue weighted by Crippen LogP contribution is 2.23. The molecule has 0 bridgehead atoms. The molecular weight excluding hydrogens is 298 g/mol. The fraction of sp³-hybridized carbons (Fsp3) is 0.529. The van der Waals surface area contributed by atoms with E-state index in [1.165, 1.54) is 0 Å². The van der Waals surface area contributed by atoms with Crippen LogP contribution in [-0.2, 0) is 4.79 Å². The highest BCUT2D eigenvalue weighted by molar-refractivity contribution is 6.30. The van der Waals surface area contributed by atoms with Crippen LogP contribution in [-0.4, -0.2) is 41.9 Å². The van der Waals surface area contributed by atoms with Gasteiger partial charge in [-0.2, -0.15) is 5.26 Å². The average molecular weight is 320 g/mol.